The van der Waals surface area contributed by atoms with Crippen LogP contribution in [0.5, 0.6) is 0 Å². The highest BCUT2D eigenvalue weighted by Crippen LogP contribution is 2.30. The highest BCUT2D eigenvalue weighted by atomic mass is 32.1. The van der Waals surface area contributed by atoms with Crippen LogP contribution >= 0.6 is 11.3 Å². The number of aliphatic hydroxyl groups excluding tert-OH is 1. The number of aliphatic hydroxyl groups is 1. The zero-order valence-electron chi connectivity index (χ0n) is 8.77. The third-order valence-electron chi connectivity index (χ3n) is 2.31. The number of hydrogen-bond acceptors (Lipinski definition) is 3. The van der Waals surface area contributed by atoms with Crippen molar-refractivity contribution in [3.8, 4) is 10.6 Å². The minimum Gasteiger partial charge on any atom is -0.388 e. The SMILES string of the molecule is Cc1ccccc1-c1ncc(C(C)O)s1. The molecule has 0 bridgehead atoms. The van der Waals surface area contributed by atoms with E-state index in [1.165, 1.54) is 5.56 Å². The molecule has 1 atom stereocenters. The molecule has 0 aliphatic carbocycles. The van der Waals surface area contributed by atoms with Gasteiger partial charge in [-0.2, -0.15) is 0 Å². The Morgan fingerprint density at radius 3 is 2.67 bits per heavy atom. The number of hydrogen-bond donors (Lipinski definition) is 1. The standard InChI is InChI=1S/C12H13NOS/c1-8-5-3-4-6-10(8)12-13-7-11(15-12)9(2)14/h3-7,9,14H,1-2H3. The zero-order chi connectivity index (χ0) is 10.8. The van der Waals surface area contributed by atoms with Crippen LogP contribution in [0.2, 0.25) is 0 Å². The Hall–Kier alpha value is -1.19. The average molecular weight is 219 g/mol. The highest BCUT2D eigenvalue weighted by Gasteiger charge is 2.09. The Morgan fingerprint density at radius 2 is 2.07 bits per heavy atom. The maximum atomic E-state index is 9.42. The first-order valence-electron chi connectivity index (χ1n) is 4.88. The van der Waals surface area contributed by atoms with Gasteiger partial charge < -0.3 is 5.11 Å². The molecule has 0 aliphatic heterocycles. The van der Waals surface area contributed by atoms with E-state index in [2.05, 4.69) is 24.0 Å². The summed E-state index contributed by atoms with van der Waals surface area (Å²) in [6, 6.07) is 8.15. The molecule has 2 rings (SSSR count). The molecule has 0 amide bonds. The van der Waals surface area contributed by atoms with Crippen molar-refractivity contribution in [1.29, 1.82) is 0 Å². The van der Waals surface area contributed by atoms with Crippen LogP contribution in [0.4, 0.5) is 0 Å². The molecule has 1 unspecified atom stereocenters. The van der Waals surface area contributed by atoms with E-state index < -0.39 is 6.10 Å². The van der Waals surface area contributed by atoms with Crippen molar-refractivity contribution in [1.82, 2.24) is 4.98 Å². The molecule has 0 saturated heterocycles. The van der Waals surface area contributed by atoms with Crippen LogP contribution in [0.25, 0.3) is 10.6 Å². The zero-order valence-corrected chi connectivity index (χ0v) is 9.58. The summed E-state index contributed by atoms with van der Waals surface area (Å²) in [4.78, 5) is 5.24. The molecule has 0 fully saturated rings. The van der Waals surface area contributed by atoms with E-state index in [1.807, 2.05) is 12.1 Å². The summed E-state index contributed by atoms with van der Waals surface area (Å²) in [5.41, 5.74) is 2.36. The van der Waals surface area contributed by atoms with Gasteiger partial charge in [0.2, 0.25) is 0 Å². The minimum absolute atomic E-state index is 0.430. The lowest BCUT2D eigenvalue weighted by Gasteiger charge is -2.00. The van der Waals surface area contributed by atoms with Gasteiger partial charge in [-0.1, -0.05) is 24.3 Å². The monoisotopic (exact) mass is 219 g/mol. The fourth-order valence-electron chi connectivity index (χ4n) is 1.42. The molecular weight excluding hydrogens is 206 g/mol. The van der Waals surface area contributed by atoms with Gasteiger partial charge in [-0.05, 0) is 19.4 Å². The Labute approximate surface area is 93.2 Å². The van der Waals surface area contributed by atoms with Crippen molar-refractivity contribution in [2.45, 2.75) is 20.0 Å². The largest absolute Gasteiger partial charge is 0.388 e. The maximum Gasteiger partial charge on any atom is 0.123 e. The first kappa shape index (κ1) is 10.3. The van der Waals surface area contributed by atoms with E-state index >= 15 is 0 Å². The summed E-state index contributed by atoms with van der Waals surface area (Å²) in [5, 5.41) is 10.4. The summed E-state index contributed by atoms with van der Waals surface area (Å²) in [6.45, 7) is 3.83. The predicted molar refractivity (Wildman–Crippen MR) is 62.9 cm³/mol. The molecule has 15 heavy (non-hydrogen) atoms. The van der Waals surface area contributed by atoms with Crippen LogP contribution in [0.15, 0.2) is 30.5 Å². The Bertz CT molecular complexity index is 462. The van der Waals surface area contributed by atoms with E-state index in [-0.39, 0.29) is 0 Å². The van der Waals surface area contributed by atoms with Crippen LogP contribution in [0, 0.1) is 6.92 Å². The van der Waals surface area contributed by atoms with Crippen LogP contribution < -0.4 is 0 Å². The number of aromatic nitrogens is 1. The number of thiazole rings is 1. The van der Waals surface area contributed by atoms with E-state index in [9.17, 15) is 5.11 Å². The Kier molecular flexibility index (Phi) is 2.84. The van der Waals surface area contributed by atoms with Gasteiger partial charge in [0.1, 0.15) is 5.01 Å². The molecule has 1 heterocycles. The highest BCUT2D eigenvalue weighted by molar-refractivity contribution is 7.15. The summed E-state index contributed by atoms with van der Waals surface area (Å²) in [5.74, 6) is 0. The maximum absolute atomic E-state index is 9.42. The summed E-state index contributed by atoms with van der Waals surface area (Å²) in [7, 11) is 0. The fourth-order valence-corrected chi connectivity index (χ4v) is 2.36. The summed E-state index contributed by atoms with van der Waals surface area (Å²) < 4.78 is 0. The van der Waals surface area contributed by atoms with Crippen molar-refractivity contribution < 1.29 is 5.11 Å². The van der Waals surface area contributed by atoms with Crippen LogP contribution in [0.1, 0.15) is 23.5 Å². The number of nitrogens with zero attached hydrogens (tertiary/aromatic N) is 1. The number of rotatable bonds is 2. The molecule has 0 saturated carbocycles. The van der Waals surface area contributed by atoms with E-state index in [0.29, 0.717) is 0 Å². The topological polar surface area (TPSA) is 33.1 Å². The second-order valence-corrected chi connectivity index (χ2v) is 4.62. The predicted octanol–water partition coefficient (Wildman–Crippen LogP) is 3.17. The van der Waals surface area contributed by atoms with Crippen molar-refractivity contribution in [2.75, 3.05) is 0 Å². The third kappa shape index (κ3) is 2.08. The lowest BCUT2D eigenvalue weighted by Crippen LogP contribution is -1.83. The molecule has 2 aromatic rings. The van der Waals surface area contributed by atoms with Crippen LogP contribution in [0.3, 0.4) is 0 Å². The Balaban J connectivity index is 2.42. The molecule has 3 heteroatoms. The molecule has 1 aromatic carbocycles. The van der Waals surface area contributed by atoms with Gasteiger partial charge in [-0.3, -0.25) is 0 Å². The van der Waals surface area contributed by atoms with Crippen LogP contribution in [-0.2, 0) is 0 Å². The smallest absolute Gasteiger partial charge is 0.123 e. The quantitative estimate of drug-likeness (QED) is 0.841. The second kappa shape index (κ2) is 4.13. The van der Waals surface area contributed by atoms with Crippen molar-refractivity contribution in [2.24, 2.45) is 0 Å². The minimum atomic E-state index is -0.430. The van der Waals surface area contributed by atoms with E-state index in [0.717, 1.165) is 15.4 Å². The van der Waals surface area contributed by atoms with Gasteiger partial charge in [0.25, 0.3) is 0 Å². The second-order valence-electron chi connectivity index (χ2n) is 3.56. The van der Waals surface area contributed by atoms with Crippen LogP contribution in [-0.4, -0.2) is 10.1 Å². The molecule has 0 aliphatic rings. The number of benzene rings is 1. The molecule has 1 N–H and O–H groups in total. The van der Waals surface area contributed by atoms with Crippen molar-refractivity contribution in [3.05, 3.63) is 40.9 Å². The van der Waals surface area contributed by atoms with Gasteiger partial charge in [-0.15, -0.1) is 11.3 Å². The fraction of sp³-hybridized carbons (Fsp3) is 0.250. The van der Waals surface area contributed by atoms with Gasteiger partial charge in [0, 0.05) is 11.8 Å². The van der Waals surface area contributed by atoms with Gasteiger partial charge in [0.05, 0.1) is 11.0 Å². The Morgan fingerprint density at radius 1 is 1.33 bits per heavy atom. The molecule has 78 valence electrons. The first-order chi connectivity index (χ1) is 7.18. The lowest BCUT2D eigenvalue weighted by molar-refractivity contribution is 0.203. The molecular formula is C12H13NOS. The van der Waals surface area contributed by atoms with E-state index in [1.54, 1.807) is 24.5 Å². The lowest BCUT2D eigenvalue weighted by atomic mass is 10.1. The summed E-state index contributed by atoms with van der Waals surface area (Å²) in [6.07, 6.45) is 1.32. The third-order valence-corrected chi connectivity index (χ3v) is 3.51. The average Bonchev–Trinajstić information content (AvgIpc) is 2.67. The van der Waals surface area contributed by atoms with E-state index in [4.69, 9.17) is 0 Å². The van der Waals surface area contributed by atoms with Crippen molar-refractivity contribution in [3.63, 3.8) is 0 Å². The van der Waals surface area contributed by atoms with Gasteiger partial charge in [-0.25, -0.2) is 4.98 Å². The molecule has 2 nitrogen and oxygen atoms in total. The van der Waals surface area contributed by atoms with Gasteiger partial charge >= 0.3 is 0 Å². The summed E-state index contributed by atoms with van der Waals surface area (Å²) >= 11 is 1.55. The van der Waals surface area contributed by atoms with Crippen molar-refractivity contribution >= 4 is 11.3 Å². The first-order valence-corrected chi connectivity index (χ1v) is 5.70. The van der Waals surface area contributed by atoms with Gasteiger partial charge in [0.15, 0.2) is 0 Å². The molecule has 0 radical (unpaired) electrons. The normalized spacial score (nSPS) is 12.7. The number of aryl methyl sites for hydroxylation is 1. The molecule has 1 aromatic heterocycles. The molecule has 0 spiro atoms.